The van der Waals surface area contributed by atoms with E-state index in [1.165, 1.54) is 7.11 Å². The van der Waals surface area contributed by atoms with Crippen molar-refractivity contribution in [1.29, 1.82) is 0 Å². The number of ketones is 1. The van der Waals surface area contributed by atoms with Gasteiger partial charge in [-0.15, -0.1) is 0 Å². The van der Waals surface area contributed by atoms with Gasteiger partial charge in [-0.25, -0.2) is 0 Å². The summed E-state index contributed by atoms with van der Waals surface area (Å²) in [6.45, 7) is 7.82. The van der Waals surface area contributed by atoms with E-state index in [0.717, 1.165) is 28.0 Å². The number of allylic oxidation sites excluding steroid dienone is 2. The van der Waals surface area contributed by atoms with Crippen LogP contribution in [0.3, 0.4) is 0 Å². The van der Waals surface area contributed by atoms with Crippen molar-refractivity contribution in [3.05, 3.63) is 40.1 Å². The summed E-state index contributed by atoms with van der Waals surface area (Å²) in [6.07, 6.45) is 0.877. The van der Waals surface area contributed by atoms with Crippen molar-refractivity contribution < 1.29 is 14.7 Å². The Balaban J connectivity index is 2.36. The topological polar surface area (TPSA) is 58.9 Å². The Labute approximate surface area is 131 Å². The highest BCUT2D eigenvalue weighted by atomic mass is 16.6. The molecule has 4 heteroatoms. The van der Waals surface area contributed by atoms with Crippen LogP contribution in [0.5, 0.6) is 0 Å². The van der Waals surface area contributed by atoms with E-state index in [-0.39, 0.29) is 17.5 Å². The van der Waals surface area contributed by atoms with Crippen molar-refractivity contribution in [3.8, 4) is 0 Å². The molecule has 1 N–H and O–H groups in total. The lowest BCUT2D eigenvalue weighted by Crippen LogP contribution is -2.14. The lowest BCUT2D eigenvalue weighted by atomic mass is 9.90. The predicted molar refractivity (Wildman–Crippen MR) is 88.1 cm³/mol. The molecule has 4 nitrogen and oxygen atoms in total. The van der Waals surface area contributed by atoms with E-state index >= 15 is 0 Å². The van der Waals surface area contributed by atoms with Crippen LogP contribution >= 0.6 is 0 Å². The number of benzene rings is 1. The van der Waals surface area contributed by atoms with Crippen LogP contribution in [0.25, 0.3) is 5.57 Å². The molecular weight excluding hydrogens is 278 g/mol. The minimum Gasteiger partial charge on any atom is -0.512 e. The lowest BCUT2D eigenvalue weighted by Gasteiger charge is -2.13. The van der Waals surface area contributed by atoms with Crippen LogP contribution in [-0.2, 0) is 9.63 Å². The molecule has 118 valence electrons. The highest BCUT2D eigenvalue weighted by molar-refractivity contribution is 6.25. The summed E-state index contributed by atoms with van der Waals surface area (Å²) in [7, 11) is 1.49. The van der Waals surface area contributed by atoms with Gasteiger partial charge in [-0.1, -0.05) is 22.9 Å². The summed E-state index contributed by atoms with van der Waals surface area (Å²) < 4.78 is 0. The van der Waals surface area contributed by atoms with Crippen molar-refractivity contribution in [2.75, 3.05) is 7.11 Å². The third-order valence-corrected chi connectivity index (χ3v) is 4.06. The van der Waals surface area contributed by atoms with Crippen LogP contribution in [0, 0.1) is 26.7 Å². The normalized spacial score (nSPS) is 19.0. The number of nitrogens with zero attached hydrogens (tertiary/aromatic N) is 1. The third kappa shape index (κ3) is 3.06. The second-order valence-corrected chi connectivity index (χ2v) is 6.07. The number of rotatable bonds is 4. The minimum atomic E-state index is -0.256. The summed E-state index contributed by atoms with van der Waals surface area (Å²) in [4.78, 5) is 17.5. The number of aliphatic hydroxyl groups is 1. The van der Waals surface area contributed by atoms with Gasteiger partial charge in [-0.3, -0.25) is 4.79 Å². The van der Waals surface area contributed by atoms with Crippen LogP contribution in [0.2, 0.25) is 0 Å². The first-order valence-corrected chi connectivity index (χ1v) is 7.46. The Morgan fingerprint density at radius 2 is 1.91 bits per heavy atom. The monoisotopic (exact) mass is 301 g/mol. The third-order valence-electron chi connectivity index (χ3n) is 4.06. The van der Waals surface area contributed by atoms with Crippen molar-refractivity contribution >= 4 is 17.1 Å². The van der Waals surface area contributed by atoms with Crippen molar-refractivity contribution in [1.82, 2.24) is 0 Å². The van der Waals surface area contributed by atoms with Gasteiger partial charge >= 0.3 is 0 Å². The van der Waals surface area contributed by atoms with E-state index in [9.17, 15) is 9.90 Å². The van der Waals surface area contributed by atoms with E-state index in [1.807, 2.05) is 39.8 Å². The van der Waals surface area contributed by atoms with E-state index < -0.39 is 0 Å². The van der Waals surface area contributed by atoms with E-state index in [1.54, 1.807) is 0 Å². The molecule has 0 aromatic heterocycles. The molecule has 22 heavy (non-hydrogen) atoms. The van der Waals surface area contributed by atoms with Crippen LogP contribution in [0.4, 0.5) is 0 Å². The number of hydrogen-bond acceptors (Lipinski definition) is 4. The van der Waals surface area contributed by atoms with Crippen LogP contribution < -0.4 is 0 Å². The Hall–Kier alpha value is -2.10. The zero-order chi connectivity index (χ0) is 16.4. The highest BCUT2D eigenvalue weighted by Gasteiger charge is 2.35. The average molecular weight is 301 g/mol. The quantitative estimate of drug-likeness (QED) is 0.678. The maximum Gasteiger partial charge on any atom is 0.170 e. The van der Waals surface area contributed by atoms with Crippen molar-refractivity contribution in [2.24, 2.45) is 11.1 Å². The number of hydrogen-bond donors (Lipinski definition) is 1. The average Bonchev–Trinajstić information content (AvgIpc) is 2.65. The molecule has 1 aromatic rings. The Bertz CT molecular complexity index is 648. The van der Waals surface area contributed by atoms with Gasteiger partial charge in [0.05, 0.1) is 11.3 Å². The molecule has 1 aliphatic rings. The van der Waals surface area contributed by atoms with E-state index in [0.29, 0.717) is 18.4 Å². The molecule has 1 aliphatic carbocycles. The summed E-state index contributed by atoms with van der Waals surface area (Å²) in [5, 5.41) is 14.2. The van der Waals surface area contributed by atoms with Crippen LogP contribution in [-0.4, -0.2) is 23.7 Å². The molecular formula is C18H23NO3. The Kier molecular flexibility index (Phi) is 4.69. The van der Waals surface area contributed by atoms with Gasteiger partial charge in [0.15, 0.2) is 5.78 Å². The molecule has 0 aliphatic heterocycles. The maximum atomic E-state index is 12.7. The van der Waals surface area contributed by atoms with Gasteiger partial charge in [0.25, 0.3) is 0 Å². The number of carbonyl (C=O) groups excluding carboxylic acids is 1. The molecule has 2 rings (SSSR count). The fourth-order valence-corrected chi connectivity index (χ4v) is 3.33. The zero-order valence-electron chi connectivity index (χ0n) is 13.9. The molecule has 0 spiro atoms. The van der Waals surface area contributed by atoms with Crippen LogP contribution in [0.1, 0.15) is 42.0 Å². The summed E-state index contributed by atoms with van der Waals surface area (Å²) >= 11 is 0. The molecule has 1 unspecified atom stereocenters. The van der Waals surface area contributed by atoms with Gasteiger partial charge in [0, 0.05) is 12.3 Å². The second kappa shape index (κ2) is 6.34. The first kappa shape index (κ1) is 16.3. The summed E-state index contributed by atoms with van der Waals surface area (Å²) in [5.41, 5.74) is 5.31. The van der Waals surface area contributed by atoms with E-state index in [4.69, 9.17) is 4.84 Å². The zero-order valence-corrected chi connectivity index (χ0v) is 13.9. The molecule has 1 atom stereocenters. The van der Waals surface area contributed by atoms with Crippen molar-refractivity contribution in [3.63, 3.8) is 0 Å². The van der Waals surface area contributed by atoms with Gasteiger partial charge < -0.3 is 9.94 Å². The minimum absolute atomic E-state index is 0.00166. The maximum absolute atomic E-state index is 12.7. The first-order valence-electron chi connectivity index (χ1n) is 7.46. The standard InChI is InChI=1S/C18H23NO3/c1-10-6-11(2)16(12(3)7-10)17-15(20)9-14(18(17)21)8-13(4)19-22-5/h6-7,14,20H,8-9H2,1-5H3. The lowest BCUT2D eigenvalue weighted by molar-refractivity contribution is -0.116. The number of aliphatic hydroxyl groups excluding tert-OH is 1. The molecule has 0 saturated carbocycles. The van der Waals surface area contributed by atoms with Crippen LogP contribution in [0.15, 0.2) is 23.0 Å². The number of carbonyl (C=O) groups is 1. The number of Topliss-reactive ketones (excluding diaryl/α,β-unsaturated/α-hetero) is 1. The predicted octanol–water partition coefficient (Wildman–Crippen LogP) is 3.88. The van der Waals surface area contributed by atoms with E-state index in [2.05, 4.69) is 5.16 Å². The molecule has 0 radical (unpaired) electrons. The SMILES string of the molecule is CON=C(C)CC1CC(O)=C(c2c(C)cc(C)cc2C)C1=O. The Morgan fingerprint density at radius 1 is 1.32 bits per heavy atom. The summed E-state index contributed by atoms with van der Waals surface area (Å²) in [5.74, 6) is -0.0671. The molecule has 0 saturated heterocycles. The Morgan fingerprint density at radius 3 is 2.45 bits per heavy atom. The fourth-order valence-electron chi connectivity index (χ4n) is 3.33. The largest absolute Gasteiger partial charge is 0.512 e. The molecule has 0 amide bonds. The first-order chi connectivity index (χ1) is 10.3. The van der Waals surface area contributed by atoms with Gasteiger partial charge in [-0.05, 0) is 50.8 Å². The number of oxime groups is 1. The van der Waals surface area contributed by atoms with Gasteiger partial charge in [-0.2, -0.15) is 0 Å². The summed E-state index contributed by atoms with van der Waals surface area (Å²) in [6, 6.07) is 4.09. The fraction of sp³-hybridized carbons (Fsp3) is 0.444. The molecule has 0 bridgehead atoms. The smallest absolute Gasteiger partial charge is 0.170 e. The second-order valence-electron chi connectivity index (χ2n) is 6.07. The molecule has 1 aromatic carbocycles. The van der Waals surface area contributed by atoms with Gasteiger partial charge in [0.2, 0.25) is 0 Å². The van der Waals surface area contributed by atoms with Gasteiger partial charge in [0.1, 0.15) is 12.9 Å². The number of aryl methyl sites for hydroxylation is 3. The molecule has 0 fully saturated rings. The molecule has 0 heterocycles. The highest BCUT2D eigenvalue weighted by Crippen LogP contribution is 2.38. The van der Waals surface area contributed by atoms with Crippen molar-refractivity contribution in [2.45, 2.75) is 40.5 Å².